The van der Waals surface area contributed by atoms with Gasteiger partial charge in [-0.3, -0.25) is 9.97 Å². The molecule has 5 aromatic carbocycles. The third-order valence-corrected chi connectivity index (χ3v) is 7.51. The van der Waals surface area contributed by atoms with Crippen LogP contribution in [0.15, 0.2) is 140 Å². The van der Waals surface area contributed by atoms with E-state index in [2.05, 4.69) is 101 Å². The van der Waals surface area contributed by atoms with Gasteiger partial charge in [0.15, 0.2) is 0 Å². The van der Waals surface area contributed by atoms with E-state index in [1.807, 2.05) is 49.1 Å². The van der Waals surface area contributed by atoms with E-state index >= 15 is 0 Å². The number of rotatable bonds is 4. The van der Waals surface area contributed by atoms with Crippen LogP contribution in [0.1, 0.15) is 0 Å². The van der Waals surface area contributed by atoms with Crippen LogP contribution in [-0.4, -0.2) is 9.97 Å². The largest absolute Gasteiger partial charge is 0.263 e. The number of halogens is 1. The molecule has 0 unspecified atom stereocenters. The highest BCUT2D eigenvalue weighted by Gasteiger charge is 2.15. The molecule has 0 atom stereocenters. The first-order valence-corrected chi connectivity index (χ1v) is 13.3. The van der Waals surface area contributed by atoms with Gasteiger partial charge in [0.25, 0.3) is 0 Å². The highest BCUT2D eigenvalue weighted by molar-refractivity contribution is 6.31. The Hall–Kier alpha value is -4.79. The monoisotopic (exact) mass is 518 g/mol. The maximum atomic E-state index is 6.81. The van der Waals surface area contributed by atoms with E-state index in [0.717, 1.165) is 55.3 Å². The zero-order chi connectivity index (χ0) is 26.2. The van der Waals surface area contributed by atoms with Crippen LogP contribution in [0.2, 0.25) is 5.02 Å². The molecule has 184 valence electrons. The molecule has 7 aromatic rings. The first-order chi connectivity index (χ1) is 19.3. The number of fused-ring (bicyclic) bond motifs is 2. The maximum Gasteiger partial charge on any atom is 0.0418 e. The molecular formula is C36H23ClN2. The predicted molar refractivity (Wildman–Crippen MR) is 164 cm³/mol. The quantitative estimate of drug-likeness (QED) is 0.231. The van der Waals surface area contributed by atoms with Gasteiger partial charge in [-0.1, -0.05) is 109 Å². The lowest BCUT2D eigenvalue weighted by atomic mass is 9.89. The van der Waals surface area contributed by atoms with Crippen molar-refractivity contribution in [2.75, 3.05) is 0 Å². The second-order valence-electron chi connectivity index (χ2n) is 9.64. The van der Waals surface area contributed by atoms with Gasteiger partial charge in [0.05, 0.1) is 0 Å². The molecule has 0 spiro atoms. The number of nitrogens with zero attached hydrogens (tertiary/aromatic N) is 2. The predicted octanol–water partition coefficient (Wildman–Crippen LogP) is 10.1. The summed E-state index contributed by atoms with van der Waals surface area (Å²) < 4.78 is 0. The average molecular weight is 519 g/mol. The number of benzene rings is 5. The van der Waals surface area contributed by atoms with Crippen molar-refractivity contribution >= 4 is 33.1 Å². The van der Waals surface area contributed by atoms with Crippen molar-refractivity contribution in [1.82, 2.24) is 9.97 Å². The summed E-state index contributed by atoms with van der Waals surface area (Å²) in [5.41, 5.74) is 8.81. The van der Waals surface area contributed by atoms with Crippen molar-refractivity contribution in [1.29, 1.82) is 0 Å². The molecule has 2 aromatic heterocycles. The Kier molecular flexibility index (Phi) is 5.88. The van der Waals surface area contributed by atoms with Crippen LogP contribution in [-0.2, 0) is 0 Å². The van der Waals surface area contributed by atoms with E-state index in [0.29, 0.717) is 5.02 Å². The van der Waals surface area contributed by atoms with Crippen LogP contribution >= 0.6 is 11.6 Å². The first kappa shape index (κ1) is 23.3. The Balaban J connectivity index is 1.42. The molecule has 0 amide bonds. The maximum absolute atomic E-state index is 6.81. The fourth-order valence-electron chi connectivity index (χ4n) is 5.50. The second-order valence-corrected chi connectivity index (χ2v) is 10.1. The van der Waals surface area contributed by atoms with Crippen molar-refractivity contribution in [3.05, 3.63) is 145 Å². The van der Waals surface area contributed by atoms with Gasteiger partial charge < -0.3 is 0 Å². The minimum Gasteiger partial charge on any atom is -0.263 e. The second kappa shape index (κ2) is 9.83. The van der Waals surface area contributed by atoms with Gasteiger partial charge in [-0.2, -0.15) is 0 Å². The molecule has 0 bridgehead atoms. The van der Waals surface area contributed by atoms with E-state index in [4.69, 9.17) is 11.6 Å². The third-order valence-electron chi connectivity index (χ3n) is 7.29. The zero-order valence-corrected chi connectivity index (χ0v) is 21.8. The number of aromatic nitrogens is 2. The Labute approximate surface area is 232 Å². The minimum absolute atomic E-state index is 0.694. The van der Waals surface area contributed by atoms with Crippen LogP contribution in [0, 0.1) is 0 Å². The van der Waals surface area contributed by atoms with Crippen LogP contribution in [0.3, 0.4) is 0 Å². The van der Waals surface area contributed by atoms with Crippen molar-refractivity contribution in [3.8, 4) is 44.5 Å². The van der Waals surface area contributed by atoms with Gasteiger partial charge in [-0.05, 0) is 62.4 Å². The van der Waals surface area contributed by atoms with Crippen LogP contribution in [0.5, 0.6) is 0 Å². The molecule has 0 saturated heterocycles. The Morgan fingerprint density at radius 1 is 0.385 bits per heavy atom. The molecule has 0 aliphatic carbocycles. The van der Waals surface area contributed by atoms with Crippen LogP contribution < -0.4 is 0 Å². The molecule has 0 fully saturated rings. The summed E-state index contributed by atoms with van der Waals surface area (Å²) in [5.74, 6) is 0. The minimum atomic E-state index is 0.694. The molecule has 0 aliphatic rings. The summed E-state index contributed by atoms with van der Waals surface area (Å²) in [4.78, 5) is 9.09. The molecule has 0 aliphatic heterocycles. The van der Waals surface area contributed by atoms with Crippen molar-refractivity contribution in [2.24, 2.45) is 0 Å². The van der Waals surface area contributed by atoms with Crippen molar-refractivity contribution < 1.29 is 0 Å². The molecular weight excluding hydrogens is 496 g/mol. The Bertz CT molecular complexity index is 1840. The van der Waals surface area contributed by atoms with Crippen molar-refractivity contribution in [2.45, 2.75) is 0 Å². The normalized spacial score (nSPS) is 11.2. The lowest BCUT2D eigenvalue weighted by molar-refractivity contribution is 1.36. The van der Waals surface area contributed by atoms with E-state index in [1.165, 1.54) is 10.8 Å². The summed E-state index contributed by atoms with van der Waals surface area (Å²) in [6, 6.07) is 40.0. The molecule has 0 saturated carbocycles. The van der Waals surface area contributed by atoms with Gasteiger partial charge in [0.2, 0.25) is 0 Å². The summed E-state index contributed by atoms with van der Waals surface area (Å²) in [7, 11) is 0. The lowest BCUT2D eigenvalue weighted by Gasteiger charge is -2.16. The zero-order valence-electron chi connectivity index (χ0n) is 21.1. The molecule has 3 heteroatoms. The number of pyridine rings is 2. The third kappa shape index (κ3) is 4.25. The van der Waals surface area contributed by atoms with E-state index in [9.17, 15) is 0 Å². The van der Waals surface area contributed by atoms with E-state index in [1.54, 1.807) is 0 Å². The van der Waals surface area contributed by atoms with E-state index < -0.39 is 0 Å². The molecule has 39 heavy (non-hydrogen) atoms. The smallest absolute Gasteiger partial charge is 0.0418 e. The van der Waals surface area contributed by atoms with Crippen molar-refractivity contribution in [3.63, 3.8) is 0 Å². The molecule has 2 nitrogen and oxygen atoms in total. The Morgan fingerprint density at radius 2 is 0.795 bits per heavy atom. The van der Waals surface area contributed by atoms with E-state index in [-0.39, 0.29) is 0 Å². The molecule has 0 radical (unpaired) electrons. The molecule has 0 N–H and O–H groups in total. The Morgan fingerprint density at radius 3 is 1.28 bits per heavy atom. The average Bonchev–Trinajstić information content (AvgIpc) is 3.00. The number of hydrogen-bond acceptors (Lipinski definition) is 2. The molecule has 2 heterocycles. The lowest BCUT2D eigenvalue weighted by Crippen LogP contribution is -1.91. The topological polar surface area (TPSA) is 25.8 Å². The fourth-order valence-corrected chi connectivity index (χ4v) is 5.74. The van der Waals surface area contributed by atoms with Crippen LogP contribution in [0.4, 0.5) is 0 Å². The van der Waals surface area contributed by atoms with Gasteiger partial charge in [-0.15, -0.1) is 0 Å². The highest BCUT2D eigenvalue weighted by Crippen LogP contribution is 2.41. The van der Waals surface area contributed by atoms with Gasteiger partial charge in [0, 0.05) is 51.7 Å². The van der Waals surface area contributed by atoms with Gasteiger partial charge >= 0.3 is 0 Å². The standard InChI is InChI=1S/C36H23ClN2/c37-28-18-26(31-13-5-7-15-33(31)35-22-38-20-24-9-1-3-11-29(24)35)17-27(19-28)32-14-6-8-16-34(32)36-23-39-21-25-10-2-4-12-30(25)36/h1-23H. The fraction of sp³-hybridized carbons (Fsp3) is 0. The van der Waals surface area contributed by atoms with Gasteiger partial charge in [0.1, 0.15) is 0 Å². The first-order valence-electron chi connectivity index (χ1n) is 12.9. The summed E-state index contributed by atoms with van der Waals surface area (Å²) >= 11 is 6.81. The molecule has 7 rings (SSSR count). The highest BCUT2D eigenvalue weighted by atomic mass is 35.5. The number of hydrogen-bond donors (Lipinski definition) is 0. The SMILES string of the molecule is Clc1cc(-c2ccccc2-c2cncc3ccccc23)cc(-c2ccccc2-c2cncc3ccccc23)c1. The van der Waals surface area contributed by atoms with Crippen LogP contribution in [0.25, 0.3) is 66.1 Å². The summed E-state index contributed by atoms with van der Waals surface area (Å²) in [5, 5.41) is 5.29. The summed E-state index contributed by atoms with van der Waals surface area (Å²) in [6.07, 6.45) is 7.74. The summed E-state index contributed by atoms with van der Waals surface area (Å²) in [6.45, 7) is 0. The van der Waals surface area contributed by atoms with Gasteiger partial charge in [-0.25, -0.2) is 0 Å².